The normalized spacial score (nSPS) is 22.5. The number of fused-ring (bicyclic) bond motifs is 3. The van der Waals surface area contributed by atoms with E-state index in [0.717, 1.165) is 62.1 Å². The molecule has 30 heavy (non-hydrogen) atoms. The lowest BCUT2D eigenvalue weighted by Gasteiger charge is -2.45. The molecule has 2 aliphatic carbocycles. The van der Waals surface area contributed by atoms with E-state index in [1.54, 1.807) is 0 Å². The van der Waals surface area contributed by atoms with Crippen molar-refractivity contribution in [3.8, 4) is 5.75 Å². The fourth-order valence-corrected chi connectivity index (χ4v) is 5.54. The van der Waals surface area contributed by atoms with Crippen molar-refractivity contribution in [2.75, 3.05) is 19.7 Å². The van der Waals surface area contributed by atoms with E-state index in [-0.39, 0.29) is 11.5 Å². The van der Waals surface area contributed by atoms with Gasteiger partial charge < -0.3 is 14.4 Å². The second-order valence-corrected chi connectivity index (χ2v) is 9.26. The van der Waals surface area contributed by atoms with Gasteiger partial charge in [-0.25, -0.2) is 0 Å². The molecule has 2 fully saturated rings. The summed E-state index contributed by atoms with van der Waals surface area (Å²) in [4.78, 5) is 15.1. The molecule has 0 bridgehead atoms. The number of aromatic nitrogens is 2. The summed E-state index contributed by atoms with van der Waals surface area (Å²) in [5, 5.41) is 7.41. The van der Waals surface area contributed by atoms with Crippen molar-refractivity contribution in [2.45, 2.75) is 69.5 Å². The molecule has 0 atom stereocenters. The zero-order valence-corrected chi connectivity index (χ0v) is 17.4. The summed E-state index contributed by atoms with van der Waals surface area (Å²) in [7, 11) is 0. The van der Waals surface area contributed by atoms with Crippen molar-refractivity contribution in [1.29, 1.82) is 0 Å². The first-order valence-corrected chi connectivity index (χ1v) is 11.5. The van der Waals surface area contributed by atoms with E-state index in [2.05, 4.69) is 28.4 Å². The van der Waals surface area contributed by atoms with Crippen LogP contribution in [0.15, 0.2) is 18.2 Å². The molecule has 2 aromatic rings. The largest absolute Gasteiger partial charge is 0.490 e. The van der Waals surface area contributed by atoms with Gasteiger partial charge in [0, 0.05) is 24.3 Å². The lowest BCUT2D eigenvalue weighted by molar-refractivity contribution is -0.0936. The lowest BCUT2D eigenvalue weighted by Crippen LogP contribution is -2.48. The summed E-state index contributed by atoms with van der Waals surface area (Å²) in [6.07, 6.45) is 9.72. The monoisotopic (exact) mass is 407 g/mol. The van der Waals surface area contributed by atoms with Gasteiger partial charge in [0.15, 0.2) is 5.69 Å². The van der Waals surface area contributed by atoms with E-state index >= 15 is 0 Å². The zero-order valence-electron chi connectivity index (χ0n) is 17.4. The summed E-state index contributed by atoms with van der Waals surface area (Å²) < 4.78 is 12.5. The minimum absolute atomic E-state index is 0.0736. The molecule has 2 aliphatic heterocycles. The molecular formula is C24H29N3O3. The van der Waals surface area contributed by atoms with Crippen molar-refractivity contribution in [1.82, 2.24) is 15.1 Å². The fourth-order valence-electron chi connectivity index (χ4n) is 5.54. The third-order valence-corrected chi connectivity index (χ3v) is 7.54. The molecule has 6 rings (SSSR count). The smallest absolute Gasteiger partial charge is 0.274 e. The number of rotatable bonds is 3. The SMILES string of the molecule is O=C(c1n[nH]c2c1CCC2)N1CCC2(CC1)OCCc1cc(OC3CCC3)ccc12. The van der Waals surface area contributed by atoms with Crippen LogP contribution in [0.2, 0.25) is 0 Å². The molecule has 1 saturated heterocycles. The maximum Gasteiger partial charge on any atom is 0.274 e. The number of hydrogen-bond donors (Lipinski definition) is 1. The Morgan fingerprint density at radius 2 is 2.03 bits per heavy atom. The second-order valence-electron chi connectivity index (χ2n) is 9.26. The first kappa shape index (κ1) is 18.4. The number of aromatic amines is 1. The molecule has 1 amide bonds. The van der Waals surface area contributed by atoms with Gasteiger partial charge >= 0.3 is 0 Å². The van der Waals surface area contributed by atoms with Gasteiger partial charge in [-0.05, 0) is 81.0 Å². The van der Waals surface area contributed by atoms with Crippen LogP contribution in [0.25, 0.3) is 0 Å². The molecule has 1 aromatic carbocycles. The van der Waals surface area contributed by atoms with Crippen LogP contribution >= 0.6 is 0 Å². The summed E-state index contributed by atoms with van der Waals surface area (Å²) in [5.74, 6) is 1.07. The van der Waals surface area contributed by atoms with Crippen LogP contribution in [0.1, 0.15) is 71.4 Å². The van der Waals surface area contributed by atoms with Gasteiger partial charge in [-0.3, -0.25) is 9.89 Å². The first-order valence-electron chi connectivity index (χ1n) is 11.5. The Bertz CT molecular complexity index is 970. The Labute approximate surface area is 176 Å². The van der Waals surface area contributed by atoms with Crippen molar-refractivity contribution in [3.63, 3.8) is 0 Å². The summed E-state index contributed by atoms with van der Waals surface area (Å²) in [5.41, 5.74) is 5.30. The molecule has 158 valence electrons. The number of carbonyl (C=O) groups excluding carboxylic acids is 1. The third-order valence-electron chi connectivity index (χ3n) is 7.54. The van der Waals surface area contributed by atoms with Crippen LogP contribution in [-0.4, -0.2) is 46.8 Å². The highest BCUT2D eigenvalue weighted by Crippen LogP contribution is 2.43. The number of nitrogens with zero attached hydrogens (tertiary/aromatic N) is 2. The number of piperidine rings is 1. The van der Waals surface area contributed by atoms with Crippen LogP contribution in [0.4, 0.5) is 0 Å². The molecule has 6 heteroatoms. The predicted molar refractivity (Wildman–Crippen MR) is 112 cm³/mol. The Hall–Kier alpha value is -2.34. The van der Waals surface area contributed by atoms with Crippen LogP contribution in [0, 0.1) is 0 Å². The van der Waals surface area contributed by atoms with Gasteiger partial charge in [-0.15, -0.1) is 0 Å². The molecule has 1 spiro atoms. The van der Waals surface area contributed by atoms with Crippen molar-refractivity contribution in [3.05, 3.63) is 46.3 Å². The van der Waals surface area contributed by atoms with Gasteiger partial charge in [-0.2, -0.15) is 5.10 Å². The third kappa shape index (κ3) is 2.96. The summed E-state index contributed by atoms with van der Waals surface area (Å²) >= 11 is 0. The van der Waals surface area contributed by atoms with Crippen molar-refractivity contribution >= 4 is 5.91 Å². The first-order chi connectivity index (χ1) is 14.7. The van der Waals surface area contributed by atoms with Crippen molar-refractivity contribution in [2.24, 2.45) is 0 Å². The Kier molecular flexibility index (Phi) is 4.37. The van der Waals surface area contributed by atoms with Gasteiger partial charge in [0.2, 0.25) is 0 Å². The number of ether oxygens (including phenoxy) is 2. The summed E-state index contributed by atoms with van der Waals surface area (Å²) in [6, 6.07) is 6.54. The van der Waals surface area contributed by atoms with Gasteiger partial charge in [0.1, 0.15) is 5.75 Å². The van der Waals surface area contributed by atoms with E-state index in [0.29, 0.717) is 24.9 Å². The van der Waals surface area contributed by atoms with E-state index in [1.165, 1.54) is 30.4 Å². The van der Waals surface area contributed by atoms with Gasteiger partial charge in [-0.1, -0.05) is 6.07 Å². The van der Waals surface area contributed by atoms with E-state index in [9.17, 15) is 4.79 Å². The maximum absolute atomic E-state index is 13.1. The van der Waals surface area contributed by atoms with E-state index in [1.807, 2.05) is 4.90 Å². The molecular weight excluding hydrogens is 378 g/mol. The highest BCUT2D eigenvalue weighted by atomic mass is 16.5. The molecule has 1 N–H and O–H groups in total. The topological polar surface area (TPSA) is 67.5 Å². The van der Waals surface area contributed by atoms with Gasteiger partial charge in [0.05, 0.1) is 18.3 Å². The van der Waals surface area contributed by atoms with Crippen LogP contribution in [0.5, 0.6) is 5.75 Å². The predicted octanol–water partition coefficient (Wildman–Crippen LogP) is 3.53. The van der Waals surface area contributed by atoms with E-state index in [4.69, 9.17) is 9.47 Å². The Morgan fingerprint density at radius 1 is 1.17 bits per heavy atom. The fraction of sp³-hybridized carbons (Fsp3) is 0.583. The number of hydrogen-bond acceptors (Lipinski definition) is 4. The maximum atomic E-state index is 13.1. The average molecular weight is 408 g/mol. The minimum Gasteiger partial charge on any atom is -0.490 e. The average Bonchev–Trinajstić information content (AvgIpc) is 3.35. The van der Waals surface area contributed by atoms with Crippen LogP contribution in [0.3, 0.4) is 0 Å². The number of amides is 1. The van der Waals surface area contributed by atoms with Crippen LogP contribution < -0.4 is 4.74 Å². The molecule has 0 radical (unpaired) electrons. The number of H-pyrrole nitrogens is 1. The van der Waals surface area contributed by atoms with E-state index < -0.39 is 0 Å². The molecule has 1 saturated carbocycles. The zero-order chi connectivity index (χ0) is 20.1. The number of nitrogens with one attached hydrogen (secondary N) is 1. The number of likely N-dealkylation sites (tertiary alicyclic amines) is 1. The Morgan fingerprint density at radius 3 is 2.83 bits per heavy atom. The molecule has 1 aromatic heterocycles. The molecule has 4 aliphatic rings. The summed E-state index contributed by atoms with van der Waals surface area (Å²) in [6.45, 7) is 2.15. The Balaban J connectivity index is 1.18. The van der Waals surface area contributed by atoms with Gasteiger partial charge in [0.25, 0.3) is 5.91 Å². The molecule has 6 nitrogen and oxygen atoms in total. The molecule has 0 unspecified atom stereocenters. The quantitative estimate of drug-likeness (QED) is 0.845. The van der Waals surface area contributed by atoms with Crippen LogP contribution in [-0.2, 0) is 29.6 Å². The van der Waals surface area contributed by atoms with Crippen molar-refractivity contribution < 1.29 is 14.3 Å². The standard InChI is InChI=1S/C24H29N3O3/c28-23(22-19-5-2-6-21(19)25-26-22)27-12-10-24(11-13-27)20-8-7-18(30-17-3-1-4-17)15-16(20)9-14-29-24/h7-8,15,17H,1-6,9-14H2,(H,25,26). The minimum atomic E-state index is -0.271. The number of aryl methyl sites for hydroxylation is 1. The molecule has 3 heterocycles. The highest BCUT2D eigenvalue weighted by molar-refractivity contribution is 5.94. The lowest BCUT2D eigenvalue weighted by atomic mass is 9.79. The second kappa shape index (κ2) is 7.12. The number of carbonyl (C=O) groups is 1. The highest BCUT2D eigenvalue weighted by Gasteiger charge is 2.42. The number of benzene rings is 1.